The molecule has 0 aliphatic carbocycles. The molecule has 0 saturated heterocycles. The van der Waals surface area contributed by atoms with Gasteiger partial charge in [-0.05, 0) is 48.7 Å². The molecule has 0 fully saturated rings. The SMILES string of the molecule is CCCc1nc2c(C)cc(C(N)=O)cc2n1Cc1ccc(OC)cc1. The van der Waals surface area contributed by atoms with Crippen LogP contribution in [0.2, 0.25) is 0 Å². The van der Waals surface area contributed by atoms with Gasteiger partial charge in [-0.3, -0.25) is 4.79 Å². The number of amides is 1. The Kier molecular flexibility index (Phi) is 4.74. The molecule has 2 N–H and O–H groups in total. The molecule has 5 nitrogen and oxygen atoms in total. The number of hydrogen-bond acceptors (Lipinski definition) is 3. The number of aryl methyl sites for hydroxylation is 2. The number of benzene rings is 2. The number of rotatable bonds is 6. The molecule has 0 radical (unpaired) electrons. The van der Waals surface area contributed by atoms with E-state index >= 15 is 0 Å². The minimum Gasteiger partial charge on any atom is -0.497 e. The molecular weight excluding hydrogens is 314 g/mol. The van der Waals surface area contributed by atoms with Crippen LogP contribution in [-0.2, 0) is 13.0 Å². The quantitative estimate of drug-likeness (QED) is 0.749. The Labute approximate surface area is 147 Å². The van der Waals surface area contributed by atoms with Gasteiger partial charge in [0.1, 0.15) is 11.6 Å². The summed E-state index contributed by atoms with van der Waals surface area (Å²) in [6, 6.07) is 11.7. The van der Waals surface area contributed by atoms with E-state index in [-0.39, 0.29) is 0 Å². The van der Waals surface area contributed by atoms with Gasteiger partial charge >= 0.3 is 0 Å². The number of carbonyl (C=O) groups is 1. The van der Waals surface area contributed by atoms with Crippen LogP contribution in [0.15, 0.2) is 36.4 Å². The van der Waals surface area contributed by atoms with E-state index in [9.17, 15) is 4.79 Å². The van der Waals surface area contributed by atoms with Crippen molar-refractivity contribution < 1.29 is 9.53 Å². The second-order valence-corrected chi connectivity index (χ2v) is 6.24. The Morgan fingerprint density at radius 3 is 2.56 bits per heavy atom. The molecule has 1 aromatic heterocycles. The fourth-order valence-corrected chi connectivity index (χ4v) is 3.09. The molecule has 0 aliphatic rings. The summed E-state index contributed by atoms with van der Waals surface area (Å²) in [5.74, 6) is 1.44. The van der Waals surface area contributed by atoms with Crippen LogP contribution in [0, 0.1) is 6.92 Å². The van der Waals surface area contributed by atoms with Crippen molar-refractivity contribution in [2.24, 2.45) is 5.73 Å². The first kappa shape index (κ1) is 17.0. The third-order valence-corrected chi connectivity index (χ3v) is 4.38. The van der Waals surface area contributed by atoms with Crippen molar-refractivity contribution >= 4 is 16.9 Å². The normalized spacial score (nSPS) is 11.0. The van der Waals surface area contributed by atoms with E-state index in [1.54, 1.807) is 7.11 Å². The van der Waals surface area contributed by atoms with Crippen LogP contribution in [0.4, 0.5) is 0 Å². The molecule has 3 aromatic rings. The maximum absolute atomic E-state index is 11.6. The van der Waals surface area contributed by atoms with Gasteiger partial charge in [-0.25, -0.2) is 4.98 Å². The summed E-state index contributed by atoms with van der Waals surface area (Å²) in [4.78, 5) is 16.5. The minimum atomic E-state index is -0.417. The van der Waals surface area contributed by atoms with Crippen molar-refractivity contribution in [3.05, 3.63) is 58.9 Å². The lowest BCUT2D eigenvalue weighted by atomic mass is 10.1. The number of carbonyl (C=O) groups excluding carboxylic acids is 1. The largest absolute Gasteiger partial charge is 0.497 e. The second kappa shape index (κ2) is 6.97. The Balaban J connectivity index is 2.12. The minimum absolute atomic E-state index is 0.417. The zero-order valence-electron chi connectivity index (χ0n) is 14.9. The van der Waals surface area contributed by atoms with Crippen molar-refractivity contribution in [1.82, 2.24) is 9.55 Å². The highest BCUT2D eigenvalue weighted by Gasteiger charge is 2.15. The van der Waals surface area contributed by atoms with Gasteiger partial charge < -0.3 is 15.0 Å². The molecule has 5 heteroatoms. The van der Waals surface area contributed by atoms with E-state index in [0.717, 1.165) is 46.6 Å². The highest BCUT2D eigenvalue weighted by molar-refractivity contribution is 5.97. The van der Waals surface area contributed by atoms with Crippen molar-refractivity contribution in [3.63, 3.8) is 0 Å². The van der Waals surface area contributed by atoms with Gasteiger partial charge in [-0.15, -0.1) is 0 Å². The summed E-state index contributed by atoms with van der Waals surface area (Å²) in [6.45, 7) is 4.80. The summed E-state index contributed by atoms with van der Waals surface area (Å²) < 4.78 is 7.40. The van der Waals surface area contributed by atoms with Gasteiger partial charge in [0, 0.05) is 18.5 Å². The van der Waals surface area contributed by atoms with Gasteiger partial charge in [0.05, 0.1) is 18.1 Å². The van der Waals surface area contributed by atoms with Crippen molar-refractivity contribution in [3.8, 4) is 5.75 Å². The first-order valence-corrected chi connectivity index (χ1v) is 8.46. The van der Waals surface area contributed by atoms with E-state index in [4.69, 9.17) is 15.5 Å². The average molecular weight is 337 g/mol. The Morgan fingerprint density at radius 2 is 1.96 bits per heavy atom. The molecule has 0 saturated carbocycles. The highest BCUT2D eigenvalue weighted by Crippen LogP contribution is 2.24. The second-order valence-electron chi connectivity index (χ2n) is 6.24. The molecule has 3 rings (SSSR count). The Bertz CT molecular complexity index is 911. The van der Waals surface area contributed by atoms with Crippen molar-refractivity contribution in [2.75, 3.05) is 7.11 Å². The molecular formula is C20H23N3O2. The standard InChI is InChI=1S/C20H23N3O2/c1-4-5-18-22-19-13(2)10-15(20(21)24)11-17(19)23(18)12-14-6-8-16(25-3)9-7-14/h6-11H,4-5,12H2,1-3H3,(H2,21,24). The maximum Gasteiger partial charge on any atom is 0.248 e. The number of methoxy groups -OCH3 is 1. The number of nitrogens with zero attached hydrogens (tertiary/aromatic N) is 2. The number of ether oxygens (including phenoxy) is 1. The Hall–Kier alpha value is -2.82. The lowest BCUT2D eigenvalue weighted by Crippen LogP contribution is -2.11. The number of aromatic nitrogens is 2. The lowest BCUT2D eigenvalue weighted by Gasteiger charge is -2.10. The summed E-state index contributed by atoms with van der Waals surface area (Å²) in [7, 11) is 1.66. The summed E-state index contributed by atoms with van der Waals surface area (Å²) in [5.41, 5.74) is 10.0. The van der Waals surface area contributed by atoms with E-state index in [0.29, 0.717) is 12.1 Å². The zero-order chi connectivity index (χ0) is 18.0. The third-order valence-electron chi connectivity index (χ3n) is 4.38. The fourth-order valence-electron chi connectivity index (χ4n) is 3.09. The van der Waals surface area contributed by atoms with E-state index < -0.39 is 5.91 Å². The summed E-state index contributed by atoms with van der Waals surface area (Å²) >= 11 is 0. The predicted octanol–water partition coefficient (Wildman–Crippen LogP) is 3.45. The fraction of sp³-hybridized carbons (Fsp3) is 0.300. The average Bonchev–Trinajstić information content (AvgIpc) is 2.94. The van der Waals surface area contributed by atoms with E-state index in [2.05, 4.69) is 11.5 Å². The molecule has 25 heavy (non-hydrogen) atoms. The van der Waals surface area contributed by atoms with E-state index in [1.165, 1.54) is 0 Å². The molecule has 130 valence electrons. The number of imidazole rings is 1. The van der Waals surface area contributed by atoms with Crippen molar-refractivity contribution in [2.45, 2.75) is 33.2 Å². The third kappa shape index (κ3) is 3.36. The zero-order valence-corrected chi connectivity index (χ0v) is 14.9. The number of hydrogen-bond donors (Lipinski definition) is 1. The molecule has 0 aliphatic heterocycles. The van der Waals surface area contributed by atoms with Crippen LogP contribution in [0.1, 0.15) is 40.7 Å². The van der Waals surface area contributed by atoms with E-state index in [1.807, 2.05) is 43.3 Å². The van der Waals surface area contributed by atoms with Crippen LogP contribution in [-0.4, -0.2) is 22.6 Å². The van der Waals surface area contributed by atoms with Crippen LogP contribution < -0.4 is 10.5 Å². The summed E-state index contributed by atoms with van der Waals surface area (Å²) in [6.07, 6.45) is 1.89. The topological polar surface area (TPSA) is 70.1 Å². The van der Waals surface area contributed by atoms with Gasteiger partial charge in [-0.2, -0.15) is 0 Å². The van der Waals surface area contributed by atoms with Gasteiger partial charge in [0.2, 0.25) is 5.91 Å². The van der Waals surface area contributed by atoms with Gasteiger partial charge in [0.25, 0.3) is 0 Å². The summed E-state index contributed by atoms with van der Waals surface area (Å²) in [5, 5.41) is 0. The molecule has 0 unspecified atom stereocenters. The first-order chi connectivity index (χ1) is 12.0. The van der Waals surface area contributed by atoms with Crippen LogP contribution in [0.5, 0.6) is 5.75 Å². The monoisotopic (exact) mass is 337 g/mol. The molecule has 1 amide bonds. The Morgan fingerprint density at radius 1 is 1.24 bits per heavy atom. The van der Waals surface area contributed by atoms with Gasteiger partial charge in [-0.1, -0.05) is 19.1 Å². The maximum atomic E-state index is 11.6. The molecule has 2 aromatic carbocycles. The number of primary amides is 1. The van der Waals surface area contributed by atoms with Crippen LogP contribution in [0.3, 0.4) is 0 Å². The molecule has 0 bridgehead atoms. The lowest BCUT2D eigenvalue weighted by molar-refractivity contribution is 0.100. The van der Waals surface area contributed by atoms with Crippen molar-refractivity contribution in [1.29, 1.82) is 0 Å². The smallest absolute Gasteiger partial charge is 0.248 e. The van der Waals surface area contributed by atoms with Gasteiger partial charge in [0.15, 0.2) is 0 Å². The molecule has 1 heterocycles. The van der Waals surface area contributed by atoms with Crippen LogP contribution in [0.25, 0.3) is 11.0 Å². The number of nitrogens with two attached hydrogens (primary N) is 1. The highest BCUT2D eigenvalue weighted by atomic mass is 16.5. The molecule has 0 spiro atoms. The number of fused-ring (bicyclic) bond motifs is 1. The molecule has 0 atom stereocenters. The predicted molar refractivity (Wildman–Crippen MR) is 99.1 cm³/mol. The van der Waals surface area contributed by atoms with Crippen LogP contribution >= 0.6 is 0 Å². The first-order valence-electron chi connectivity index (χ1n) is 8.46.